The second-order valence-corrected chi connectivity index (χ2v) is 6.64. The van der Waals surface area contributed by atoms with Crippen LogP contribution in [-0.4, -0.2) is 50.6 Å². The topological polar surface area (TPSA) is 79.9 Å². The summed E-state index contributed by atoms with van der Waals surface area (Å²) >= 11 is 5.97. The summed E-state index contributed by atoms with van der Waals surface area (Å²) in [5, 5.41) is 6.05. The maximum absolute atomic E-state index is 12.4. The molecule has 0 spiro atoms. The number of anilines is 2. The predicted octanol–water partition coefficient (Wildman–Crippen LogP) is 3.25. The number of methoxy groups -OCH3 is 2. The summed E-state index contributed by atoms with van der Waals surface area (Å²) < 4.78 is 10.3. The van der Waals surface area contributed by atoms with Crippen LogP contribution in [0.25, 0.3) is 0 Å². The zero-order valence-electron chi connectivity index (χ0n) is 16.3. The molecule has 2 aromatic rings. The highest BCUT2D eigenvalue weighted by Gasteiger charge is 2.21. The van der Waals surface area contributed by atoms with E-state index in [0.29, 0.717) is 27.9 Å². The van der Waals surface area contributed by atoms with Crippen molar-refractivity contribution in [3.63, 3.8) is 0 Å². The van der Waals surface area contributed by atoms with Crippen molar-refractivity contribution >= 4 is 34.8 Å². The maximum Gasteiger partial charge on any atom is 0.241 e. The van der Waals surface area contributed by atoms with Gasteiger partial charge in [0.25, 0.3) is 0 Å². The first-order valence-corrected chi connectivity index (χ1v) is 9.00. The van der Waals surface area contributed by atoms with Gasteiger partial charge in [0.05, 0.1) is 32.5 Å². The first-order valence-electron chi connectivity index (χ1n) is 8.62. The Bertz CT molecular complexity index is 827. The fourth-order valence-corrected chi connectivity index (χ4v) is 2.62. The molecular formula is C20H24ClN3O4. The average Bonchev–Trinajstić information content (AvgIpc) is 2.68. The molecule has 1 atom stereocenters. The third kappa shape index (κ3) is 5.87. The van der Waals surface area contributed by atoms with E-state index in [4.69, 9.17) is 21.1 Å². The van der Waals surface area contributed by atoms with Crippen molar-refractivity contribution in [2.45, 2.75) is 13.0 Å². The Kier molecular flexibility index (Phi) is 7.66. The Morgan fingerprint density at radius 2 is 1.75 bits per heavy atom. The van der Waals surface area contributed by atoms with Gasteiger partial charge in [-0.05, 0) is 56.4 Å². The molecule has 2 aromatic carbocycles. The van der Waals surface area contributed by atoms with E-state index in [1.807, 2.05) is 0 Å². The molecule has 2 amide bonds. The smallest absolute Gasteiger partial charge is 0.241 e. The van der Waals surface area contributed by atoms with Crippen LogP contribution in [0, 0.1) is 0 Å². The lowest BCUT2D eigenvalue weighted by molar-refractivity contribution is -0.122. The standard InChI is InChI=1S/C20H24ClN3O4/c1-13(20(26)22-15-6-8-16(27-3)9-7-15)24(2)12-19(25)23-17-11-14(21)5-10-18(17)28-4/h5-11,13H,12H2,1-4H3,(H,22,26)(H,23,25). The molecule has 0 radical (unpaired) electrons. The van der Waals surface area contributed by atoms with Crippen molar-refractivity contribution in [3.05, 3.63) is 47.5 Å². The van der Waals surface area contributed by atoms with Gasteiger partial charge < -0.3 is 20.1 Å². The summed E-state index contributed by atoms with van der Waals surface area (Å²) in [6.07, 6.45) is 0. The Morgan fingerprint density at radius 1 is 1.07 bits per heavy atom. The predicted molar refractivity (Wildman–Crippen MR) is 110 cm³/mol. The number of carbonyl (C=O) groups is 2. The van der Waals surface area contributed by atoms with Crippen molar-refractivity contribution in [2.24, 2.45) is 0 Å². The van der Waals surface area contributed by atoms with Crippen molar-refractivity contribution in [1.29, 1.82) is 0 Å². The van der Waals surface area contributed by atoms with Crippen molar-refractivity contribution < 1.29 is 19.1 Å². The molecule has 0 bridgehead atoms. The molecule has 0 saturated carbocycles. The van der Waals surface area contributed by atoms with Crippen LogP contribution >= 0.6 is 11.6 Å². The zero-order valence-corrected chi connectivity index (χ0v) is 17.0. The molecule has 8 heteroatoms. The molecule has 0 aliphatic heterocycles. The molecule has 2 N–H and O–H groups in total. The molecule has 0 aliphatic rings. The molecule has 2 rings (SSSR count). The fraction of sp³-hybridized carbons (Fsp3) is 0.300. The maximum atomic E-state index is 12.4. The minimum absolute atomic E-state index is 0.0207. The van der Waals surface area contributed by atoms with Gasteiger partial charge in [0.15, 0.2) is 0 Å². The molecule has 0 saturated heterocycles. The average molecular weight is 406 g/mol. The van der Waals surface area contributed by atoms with Crippen molar-refractivity contribution in [3.8, 4) is 11.5 Å². The lowest BCUT2D eigenvalue weighted by Crippen LogP contribution is -2.43. The first-order chi connectivity index (χ1) is 13.3. The van der Waals surface area contributed by atoms with E-state index < -0.39 is 6.04 Å². The Labute approximate surface area is 169 Å². The SMILES string of the molecule is COc1ccc(NC(=O)C(C)N(C)CC(=O)Nc2cc(Cl)ccc2OC)cc1. The van der Waals surface area contributed by atoms with Crippen LogP contribution in [0.4, 0.5) is 11.4 Å². The molecule has 0 aromatic heterocycles. The summed E-state index contributed by atoms with van der Waals surface area (Å²) in [5.41, 5.74) is 1.13. The van der Waals surface area contributed by atoms with Gasteiger partial charge in [0, 0.05) is 10.7 Å². The monoisotopic (exact) mass is 405 g/mol. The second-order valence-electron chi connectivity index (χ2n) is 6.20. The molecule has 150 valence electrons. The van der Waals surface area contributed by atoms with Crippen LogP contribution in [-0.2, 0) is 9.59 Å². The minimum Gasteiger partial charge on any atom is -0.497 e. The lowest BCUT2D eigenvalue weighted by atomic mass is 10.2. The Hall–Kier alpha value is -2.77. The number of nitrogens with zero attached hydrogens (tertiary/aromatic N) is 1. The number of ether oxygens (including phenoxy) is 2. The molecule has 0 heterocycles. The van der Waals surface area contributed by atoms with Crippen LogP contribution in [0.3, 0.4) is 0 Å². The molecule has 1 unspecified atom stereocenters. The number of carbonyl (C=O) groups excluding carboxylic acids is 2. The molecule has 0 fully saturated rings. The van der Waals surface area contributed by atoms with Gasteiger partial charge in [-0.2, -0.15) is 0 Å². The quantitative estimate of drug-likeness (QED) is 0.704. The first kappa shape index (κ1) is 21.5. The summed E-state index contributed by atoms with van der Waals surface area (Å²) in [6.45, 7) is 1.75. The highest BCUT2D eigenvalue weighted by Crippen LogP contribution is 2.27. The van der Waals surface area contributed by atoms with E-state index in [0.717, 1.165) is 0 Å². The number of nitrogens with one attached hydrogen (secondary N) is 2. The van der Waals surface area contributed by atoms with Crippen LogP contribution in [0.5, 0.6) is 11.5 Å². The third-order valence-electron chi connectivity index (χ3n) is 4.23. The van der Waals surface area contributed by atoms with Gasteiger partial charge in [-0.15, -0.1) is 0 Å². The van der Waals surface area contributed by atoms with E-state index in [1.54, 1.807) is 68.4 Å². The number of rotatable bonds is 8. The highest BCUT2D eigenvalue weighted by molar-refractivity contribution is 6.31. The number of amides is 2. The van der Waals surface area contributed by atoms with Crippen LogP contribution < -0.4 is 20.1 Å². The summed E-state index contributed by atoms with van der Waals surface area (Å²) in [4.78, 5) is 26.4. The van der Waals surface area contributed by atoms with E-state index in [2.05, 4.69) is 10.6 Å². The number of likely N-dealkylation sites (N-methyl/N-ethyl adjacent to an activating group) is 1. The lowest BCUT2D eigenvalue weighted by Gasteiger charge is -2.23. The van der Waals surface area contributed by atoms with Crippen molar-refractivity contribution in [2.75, 3.05) is 38.4 Å². The normalized spacial score (nSPS) is 11.6. The fourth-order valence-electron chi connectivity index (χ4n) is 2.45. The largest absolute Gasteiger partial charge is 0.497 e. The number of hydrogen-bond acceptors (Lipinski definition) is 5. The van der Waals surface area contributed by atoms with Gasteiger partial charge in [-0.3, -0.25) is 14.5 Å². The Morgan fingerprint density at radius 3 is 2.36 bits per heavy atom. The van der Waals surface area contributed by atoms with Crippen LogP contribution in [0.15, 0.2) is 42.5 Å². The molecule has 28 heavy (non-hydrogen) atoms. The second kappa shape index (κ2) is 9.96. The number of hydrogen-bond donors (Lipinski definition) is 2. The number of halogens is 1. The Balaban J connectivity index is 1.93. The van der Waals surface area contributed by atoms with Crippen LogP contribution in [0.1, 0.15) is 6.92 Å². The van der Waals surface area contributed by atoms with Gasteiger partial charge in [-0.1, -0.05) is 11.6 Å². The van der Waals surface area contributed by atoms with Crippen LogP contribution in [0.2, 0.25) is 5.02 Å². The summed E-state index contributed by atoms with van der Waals surface area (Å²) in [5.74, 6) is 0.704. The van der Waals surface area contributed by atoms with E-state index in [-0.39, 0.29) is 18.4 Å². The molecule has 0 aliphatic carbocycles. The molecule has 7 nitrogen and oxygen atoms in total. The van der Waals surface area contributed by atoms with E-state index >= 15 is 0 Å². The van der Waals surface area contributed by atoms with Crippen molar-refractivity contribution in [1.82, 2.24) is 4.90 Å². The summed E-state index contributed by atoms with van der Waals surface area (Å²) in [7, 11) is 4.79. The van der Waals surface area contributed by atoms with E-state index in [9.17, 15) is 9.59 Å². The van der Waals surface area contributed by atoms with Gasteiger partial charge in [0.2, 0.25) is 11.8 Å². The summed E-state index contributed by atoms with van der Waals surface area (Å²) in [6, 6.07) is 11.5. The van der Waals surface area contributed by atoms with Gasteiger partial charge in [0.1, 0.15) is 11.5 Å². The number of benzene rings is 2. The zero-order chi connectivity index (χ0) is 20.7. The van der Waals surface area contributed by atoms with Gasteiger partial charge in [-0.25, -0.2) is 0 Å². The molecular weight excluding hydrogens is 382 g/mol. The van der Waals surface area contributed by atoms with E-state index in [1.165, 1.54) is 7.11 Å². The third-order valence-corrected chi connectivity index (χ3v) is 4.46. The highest BCUT2D eigenvalue weighted by atomic mass is 35.5. The van der Waals surface area contributed by atoms with Gasteiger partial charge >= 0.3 is 0 Å². The minimum atomic E-state index is -0.519.